The number of aliphatic hydroxyl groups is 2. The maximum atomic E-state index is 12.4. The van der Waals surface area contributed by atoms with E-state index in [-0.39, 0.29) is 18.5 Å². The summed E-state index contributed by atoms with van der Waals surface area (Å²) in [6.07, 6.45) is 71.0. The number of rotatable bonds is 52. The Hall–Kier alpha value is -2.44. The first-order valence-corrected chi connectivity index (χ1v) is 28.6. The first-order chi connectivity index (χ1) is 32.5. The molecule has 0 radical (unpaired) electrons. The fraction of sp³-hybridized carbons (Fsp3) is 0.800. The van der Waals surface area contributed by atoms with Crippen molar-refractivity contribution in [3.63, 3.8) is 0 Å². The van der Waals surface area contributed by atoms with Crippen LogP contribution in [-0.4, -0.2) is 47.4 Å². The molecule has 0 aliphatic rings. The van der Waals surface area contributed by atoms with Crippen molar-refractivity contribution in [2.75, 3.05) is 13.2 Å². The Bertz CT molecular complexity index is 1160. The summed E-state index contributed by atoms with van der Waals surface area (Å²) >= 11 is 0. The monoisotopic (exact) mass is 924 g/mol. The fourth-order valence-corrected chi connectivity index (χ4v) is 8.34. The lowest BCUT2D eigenvalue weighted by Gasteiger charge is -2.20. The Morgan fingerprint density at radius 1 is 0.424 bits per heavy atom. The number of carbonyl (C=O) groups is 2. The van der Waals surface area contributed by atoms with Gasteiger partial charge in [-0.15, -0.1) is 0 Å². The minimum absolute atomic E-state index is 0.00799. The average molecular weight is 925 g/mol. The fourth-order valence-electron chi connectivity index (χ4n) is 8.34. The first kappa shape index (κ1) is 63.6. The van der Waals surface area contributed by atoms with Crippen molar-refractivity contribution in [3.05, 3.63) is 60.8 Å². The van der Waals surface area contributed by atoms with E-state index in [0.29, 0.717) is 19.4 Å². The molecule has 2 unspecified atom stereocenters. The second kappa shape index (κ2) is 55.2. The van der Waals surface area contributed by atoms with Gasteiger partial charge in [0.25, 0.3) is 0 Å². The van der Waals surface area contributed by atoms with E-state index in [4.69, 9.17) is 4.74 Å². The van der Waals surface area contributed by atoms with Gasteiger partial charge in [0.15, 0.2) is 0 Å². The summed E-state index contributed by atoms with van der Waals surface area (Å²) in [4.78, 5) is 24.4. The zero-order chi connectivity index (χ0) is 47.9. The lowest BCUT2D eigenvalue weighted by Crippen LogP contribution is -2.45. The molecule has 0 spiro atoms. The summed E-state index contributed by atoms with van der Waals surface area (Å²) in [6.45, 7) is 4.84. The van der Waals surface area contributed by atoms with Gasteiger partial charge in [-0.25, -0.2) is 0 Å². The highest BCUT2D eigenvalue weighted by atomic mass is 16.5. The van der Waals surface area contributed by atoms with Crippen LogP contribution in [0.25, 0.3) is 0 Å². The van der Waals surface area contributed by atoms with Crippen molar-refractivity contribution >= 4 is 11.9 Å². The molecule has 0 saturated heterocycles. The van der Waals surface area contributed by atoms with E-state index in [1.54, 1.807) is 6.08 Å². The Balaban J connectivity index is 3.46. The Kier molecular flexibility index (Phi) is 53.1. The summed E-state index contributed by atoms with van der Waals surface area (Å²) in [5, 5.41) is 22.9. The predicted molar refractivity (Wildman–Crippen MR) is 287 cm³/mol. The van der Waals surface area contributed by atoms with Crippen LogP contribution in [0.1, 0.15) is 284 Å². The summed E-state index contributed by atoms with van der Waals surface area (Å²) < 4.78 is 5.47. The number of carbonyl (C=O) groups excluding carboxylic acids is 2. The number of ether oxygens (including phenoxy) is 1. The third-order valence-corrected chi connectivity index (χ3v) is 12.8. The maximum absolute atomic E-state index is 12.4. The van der Waals surface area contributed by atoms with Gasteiger partial charge in [0, 0.05) is 12.8 Å². The molecule has 2 atom stereocenters. The lowest BCUT2D eigenvalue weighted by atomic mass is 10.1. The molecule has 0 aromatic rings. The Labute approximate surface area is 409 Å². The molecule has 0 bridgehead atoms. The van der Waals surface area contributed by atoms with Crippen LogP contribution >= 0.6 is 0 Å². The molecule has 0 saturated carbocycles. The average Bonchev–Trinajstić information content (AvgIpc) is 3.32. The number of hydrogen-bond donors (Lipinski definition) is 3. The third-order valence-electron chi connectivity index (χ3n) is 12.8. The molecular weight excluding hydrogens is 815 g/mol. The van der Waals surface area contributed by atoms with Crippen LogP contribution in [-0.2, 0) is 14.3 Å². The van der Waals surface area contributed by atoms with Gasteiger partial charge in [-0.1, -0.05) is 235 Å². The first-order valence-electron chi connectivity index (χ1n) is 28.6. The quantitative estimate of drug-likeness (QED) is 0.0321. The molecule has 0 heterocycles. The van der Waals surface area contributed by atoms with Crippen molar-refractivity contribution in [2.24, 2.45) is 0 Å². The number of unbranched alkanes of at least 4 members (excludes halogenated alkanes) is 33. The molecule has 0 aromatic carbocycles. The second-order valence-corrected chi connectivity index (χ2v) is 19.3. The van der Waals surface area contributed by atoms with Crippen molar-refractivity contribution in [1.82, 2.24) is 5.32 Å². The van der Waals surface area contributed by atoms with E-state index in [9.17, 15) is 19.8 Å². The summed E-state index contributed by atoms with van der Waals surface area (Å²) in [6, 6.07) is -0.635. The smallest absolute Gasteiger partial charge is 0.305 e. The number of hydrogen-bond acceptors (Lipinski definition) is 5. The molecule has 1 amide bonds. The van der Waals surface area contributed by atoms with Crippen molar-refractivity contribution in [3.8, 4) is 0 Å². The number of allylic oxidation sites excluding steroid dienone is 9. The highest BCUT2D eigenvalue weighted by Crippen LogP contribution is 2.15. The van der Waals surface area contributed by atoms with Crippen LogP contribution in [0.15, 0.2) is 60.8 Å². The van der Waals surface area contributed by atoms with E-state index >= 15 is 0 Å². The third kappa shape index (κ3) is 51.0. The topological polar surface area (TPSA) is 95.9 Å². The van der Waals surface area contributed by atoms with Gasteiger partial charge in [-0.05, 0) is 96.3 Å². The highest BCUT2D eigenvalue weighted by molar-refractivity contribution is 5.76. The van der Waals surface area contributed by atoms with E-state index < -0.39 is 12.1 Å². The molecule has 0 aliphatic carbocycles. The molecule has 66 heavy (non-hydrogen) atoms. The van der Waals surface area contributed by atoms with Crippen LogP contribution < -0.4 is 5.32 Å². The van der Waals surface area contributed by atoms with Gasteiger partial charge in [-0.2, -0.15) is 0 Å². The molecule has 6 heteroatoms. The zero-order valence-electron chi connectivity index (χ0n) is 43.7. The Morgan fingerprint density at radius 3 is 1.17 bits per heavy atom. The zero-order valence-corrected chi connectivity index (χ0v) is 43.7. The van der Waals surface area contributed by atoms with Crippen molar-refractivity contribution in [1.29, 1.82) is 0 Å². The number of esters is 1. The lowest BCUT2D eigenvalue weighted by molar-refractivity contribution is -0.143. The molecule has 6 nitrogen and oxygen atoms in total. The van der Waals surface area contributed by atoms with Gasteiger partial charge < -0.3 is 20.3 Å². The summed E-state index contributed by atoms with van der Waals surface area (Å²) in [5.74, 6) is -0.0898. The number of aliphatic hydroxyl groups excluding tert-OH is 2. The minimum atomic E-state index is -0.850. The molecule has 0 rings (SSSR count). The van der Waals surface area contributed by atoms with Crippen molar-refractivity contribution in [2.45, 2.75) is 296 Å². The highest BCUT2D eigenvalue weighted by Gasteiger charge is 2.18. The van der Waals surface area contributed by atoms with Gasteiger partial charge in [0.1, 0.15) is 0 Å². The van der Waals surface area contributed by atoms with Gasteiger partial charge in [-0.3, -0.25) is 9.59 Å². The molecule has 0 aromatic heterocycles. The van der Waals surface area contributed by atoms with E-state index in [0.717, 1.165) is 70.6 Å². The maximum Gasteiger partial charge on any atom is 0.305 e. The SMILES string of the molecule is CCCCCC/C=C\C/C=C\CCCCCCCC(=O)OCCCCCCCCCCC/C=C\C/C=C\CCCCCCCCCC(=O)NC(CO)C(O)/C=C/CCCCCCCCCC. The van der Waals surface area contributed by atoms with Gasteiger partial charge in [0.2, 0.25) is 5.91 Å². The van der Waals surface area contributed by atoms with Crippen LogP contribution in [0.4, 0.5) is 0 Å². The molecule has 0 fully saturated rings. The number of amides is 1. The Morgan fingerprint density at radius 2 is 0.758 bits per heavy atom. The largest absolute Gasteiger partial charge is 0.466 e. The van der Waals surface area contributed by atoms with Crippen LogP contribution in [0.5, 0.6) is 0 Å². The van der Waals surface area contributed by atoms with E-state index in [1.807, 2.05) is 6.08 Å². The standard InChI is InChI=1S/C60H109NO5/c1-3-5-7-9-11-13-15-16-17-28-31-34-38-42-46-50-54-60(65)66-55-51-47-43-39-35-32-29-26-24-22-20-18-19-21-23-25-27-30-33-37-41-45-49-53-59(64)61-57(56-62)58(63)52-48-44-40-36-14-12-10-8-6-4-2/h13,15,17-18,20-21,23,28,48,52,57-58,62-63H,3-12,14,16,19,22,24-27,29-47,49-51,53-56H2,1-2H3,(H,61,64)/b15-13-,20-18-,23-21-,28-17-,52-48+. The van der Waals surface area contributed by atoms with Crippen LogP contribution in [0.3, 0.4) is 0 Å². The predicted octanol–water partition coefficient (Wildman–Crippen LogP) is 17.6. The number of nitrogens with one attached hydrogen (secondary N) is 1. The van der Waals surface area contributed by atoms with E-state index in [2.05, 4.69) is 67.8 Å². The molecular formula is C60H109NO5. The van der Waals surface area contributed by atoms with Crippen LogP contribution in [0, 0.1) is 0 Å². The summed E-state index contributed by atoms with van der Waals surface area (Å²) in [5.41, 5.74) is 0. The van der Waals surface area contributed by atoms with Crippen molar-refractivity contribution < 1.29 is 24.5 Å². The van der Waals surface area contributed by atoms with Crippen LogP contribution in [0.2, 0.25) is 0 Å². The molecule has 3 N–H and O–H groups in total. The summed E-state index contributed by atoms with van der Waals surface area (Å²) in [7, 11) is 0. The molecule has 384 valence electrons. The molecule has 0 aliphatic heterocycles. The van der Waals surface area contributed by atoms with Gasteiger partial charge >= 0.3 is 5.97 Å². The normalized spacial score (nSPS) is 13.1. The minimum Gasteiger partial charge on any atom is -0.466 e. The van der Waals surface area contributed by atoms with E-state index in [1.165, 1.54) is 186 Å². The second-order valence-electron chi connectivity index (χ2n) is 19.3. The van der Waals surface area contributed by atoms with Gasteiger partial charge in [0.05, 0.1) is 25.4 Å².